The number of imide groups is 2. The maximum Gasteiger partial charge on any atom is 0.331 e. The minimum atomic E-state index is -0.839. The smallest absolute Gasteiger partial charge is 0.331 e. The van der Waals surface area contributed by atoms with Gasteiger partial charge in [-0.05, 0) is 32.9 Å². The second-order valence-electron chi connectivity index (χ2n) is 7.02. The van der Waals surface area contributed by atoms with Gasteiger partial charge < -0.3 is 4.90 Å². The molecule has 0 unspecified atom stereocenters. The number of benzene rings is 1. The zero-order valence-corrected chi connectivity index (χ0v) is 15.2. The van der Waals surface area contributed by atoms with E-state index in [0.717, 1.165) is 4.90 Å². The first kappa shape index (κ1) is 19.1. The van der Waals surface area contributed by atoms with Crippen LogP contribution in [0.5, 0.6) is 0 Å². The summed E-state index contributed by atoms with van der Waals surface area (Å²) in [5.74, 6) is -1.58. The van der Waals surface area contributed by atoms with E-state index in [-0.39, 0.29) is 11.3 Å². The highest BCUT2D eigenvalue weighted by Crippen LogP contribution is 2.28. The zero-order chi connectivity index (χ0) is 19.8. The average molecular weight is 360 g/mol. The van der Waals surface area contributed by atoms with E-state index in [1.807, 2.05) is 0 Å². The van der Waals surface area contributed by atoms with Crippen LogP contribution in [0, 0.1) is 10.1 Å². The standard InChI is InChI=1S/C17H20N4O5/c1-17(2,3)20-15(23)12(14(22)18-16(20)24)9-10-8-11(21(25)26)6-7-13(10)19(4)5/h6-9H,1-5H3,(H,18,22,24)/b12-9-. The van der Waals surface area contributed by atoms with Crippen molar-refractivity contribution in [3.63, 3.8) is 0 Å². The van der Waals surface area contributed by atoms with Gasteiger partial charge in [0, 0.05) is 43.0 Å². The summed E-state index contributed by atoms with van der Waals surface area (Å²) in [7, 11) is 3.47. The van der Waals surface area contributed by atoms with E-state index in [4.69, 9.17) is 0 Å². The van der Waals surface area contributed by atoms with Crippen LogP contribution in [0.1, 0.15) is 26.3 Å². The molecule has 1 fully saturated rings. The van der Waals surface area contributed by atoms with Gasteiger partial charge in [-0.1, -0.05) is 0 Å². The third kappa shape index (κ3) is 3.56. The quantitative estimate of drug-likeness (QED) is 0.381. The number of anilines is 1. The van der Waals surface area contributed by atoms with E-state index in [1.54, 1.807) is 39.8 Å². The first-order valence-corrected chi connectivity index (χ1v) is 7.81. The molecule has 1 N–H and O–H groups in total. The molecular formula is C17H20N4O5. The molecule has 9 heteroatoms. The predicted molar refractivity (Wildman–Crippen MR) is 95.5 cm³/mol. The maximum atomic E-state index is 12.7. The number of nitrogens with one attached hydrogen (secondary N) is 1. The number of nitrogens with zero attached hydrogens (tertiary/aromatic N) is 3. The lowest BCUT2D eigenvalue weighted by Gasteiger charge is -2.36. The van der Waals surface area contributed by atoms with Gasteiger partial charge in [0.1, 0.15) is 5.57 Å². The summed E-state index contributed by atoms with van der Waals surface area (Å²) in [5, 5.41) is 13.2. The molecule has 1 aliphatic heterocycles. The molecule has 1 aromatic rings. The highest BCUT2D eigenvalue weighted by molar-refractivity contribution is 6.31. The van der Waals surface area contributed by atoms with Crippen LogP contribution in [0.25, 0.3) is 6.08 Å². The number of amides is 4. The van der Waals surface area contributed by atoms with Gasteiger partial charge in [-0.25, -0.2) is 4.79 Å². The number of urea groups is 1. The molecule has 0 atom stereocenters. The number of nitro benzene ring substituents is 1. The molecule has 0 spiro atoms. The third-order valence-corrected chi connectivity index (χ3v) is 3.78. The Morgan fingerprint density at radius 1 is 1.19 bits per heavy atom. The summed E-state index contributed by atoms with van der Waals surface area (Å²) < 4.78 is 0. The zero-order valence-electron chi connectivity index (χ0n) is 15.2. The molecule has 1 aromatic carbocycles. The Hall–Kier alpha value is -3.23. The summed E-state index contributed by atoms with van der Waals surface area (Å²) in [6, 6.07) is 3.35. The van der Waals surface area contributed by atoms with Crippen molar-refractivity contribution in [2.24, 2.45) is 0 Å². The molecule has 138 valence electrons. The summed E-state index contributed by atoms with van der Waals surface area (Å²) in [4.78, 5) is 50.1. The number of non-ortho nitro benzene ring substituents is 1. The van der Waals surface area contributed by atoms with Crippen molar-refractivity contribution in [3.8, 4) is 0 Å². The second-order valence-corrected chi connectivity index (χ2v) is 7.02. The molecule has 0 aliphatic carbocycles. The van der Waals surface area contributed by atoms with Crippen LogP contribution in [0.2, 0.25) is 0 Å². The highest BCUT2D eigenvalue weighted by Gasteiger charge is 2.41. The van der Waals surface area contributed by atoms with Crippen molar-refractivity contribution in [2.75, 3.05) is 19.0 Å². The number of nitro groups is 1. The number of hydrogen-bond acceptors (Lipinski definition) is 6. The first-order chi connectivity index (χ1) is 11.9. The Bertz CT molecular complexity index is 836. The predicted octanol–water partition coefficient (Wildman–Crippen LogP) is 1.92. The molecule has 1 saturated heterocycles. The topological polar surface area (TPSA) is 113 Å². The monoisotopic (exact) mass is 360 g/mol. The third-order valence-electron chi connectivity index (χ3n) is 3.78. The summed E-state index contributed by atoms with van der Waals surface area (Å²) >= 11 is 0. The van der Waals surface area contributed by atoms with E-state index in [1.165, 1.54) is 24.3 Å². The van der Waals surface area contributed by atoms with Gasteiger partial charge in [-0.15, -0.1) is 0 Å². The number of hydrogen-bond donors (Lipinski definition) is 1. The van der Waals surface area contributed by atoms with Crippen LogP contribution in [0.4, 0.5) is 16.2 Å². The van der Waals surface area contributed by atoms with E-state index >= 15 is 0 Å². The van der Waals surface area contributed by atoms with Gasteiger partial charge in [0.2, 0.25) is 0 Å². The van der Waals surface area contributed by atoms with E-state index in [0.29, 0.717) is 11.3 Å². The Morgan fingerprint density at radius 3 is 2.31 bits per heavy atom. The van der Waals surface area contributed by atoms with Gasteiger partial charge in [0.25, 0.3) is 17.5 Å². The number of rotatable bonds is 3. The molecule has 0 saturated carbocycles. The van der Waals surface area contributed by atoms with Crippen molar-refractivity contribution in [3.05, 3.63) is 39.4 Å². The van der Waals surface area contributed by atoms with E-state index in [9.17, 15) is 24.5 Å². The lowest BCUT2D eigenvalue weighted by Crippen LogP contribution is -2.60. The summed E-state index contributed by atoms with van der Waals surface area (Å²) in [6.45, 7) is 4.99. The van der Waals surface area contributed by atoms with Crippen molar-refractivity contribution < 1.29 is 19.3 Å². The number of carbonyl (C=O) groups is 3. The van der Waals surface area contributed by atoms with E-state index < -0.39 is 28.3 Å². The van der Waals surface area contributed by atoms with E-state index in [2.05, 4.69) is 5.32 Å². The number of barbiturate groups is 1. The Kier molecular flexibility index (Phi) is 4.84. The van der Waals surface area contributed by atoms with Crippen LogP contribution >= 0.6 is 0 Å². The SMILES string of the molecule is CN(C)c1ccc([N+](=O)[O-])cc1/C=C1/C(=O)NC(=O)N(C(C)(C)C)C1=O. The van der Waals surface area contributed by atoms with Crippen LogP contribution in [0.3, 0.4) is 0 Å². The molecule has 1 aliphatic rings. The van der Waals surface area contributed by atoms with Crippen LogP contribution in [-0.2, 0) is 9.59 Å². The van der Waals surface area contributed by atoms with Gasteiger partial charge in [0.05, 0.1) is 4.92 Å². The summed E-state index contributed by atoms with van der Waals surface area (Å²) in [5.41, 5.74) is -0.361. The molecule has 0 radical (unpaired) electrons. The summed E-state index contributed by atoms with van der Waals surface area (Å²) in [6.07, 6.45) is 1.27. The second kappa shape index (κ2) is 6.58. The minimum absolute atomic E-state index is 0.171. The first-order valence-electron chi connectivity index (χ1n) is 7.81. The average Bonchev–Trinajstić information content (AvgIpc) is 2.49. The molecule has 2 rings (SSSR count). The van der Waals surface area contributed by atoms with Crippen LogP contribution in [0.15, 0.2) is 23.8 Å². The molecule has 9 nitrogen and oxygen atoms in total. The molecular weight excluding hydrogens is 340 g/mol. The van der Waals surface area contributed by atoms with Crippen LogP contribution < -0.4 is 10.2 Å². The highest BCUT2D eigenvalue weighted by atomic mass is 16.6. The maximum absolute atomic E-state index is 12.7. The molecule has 4 amide bonds. The minimum Gasteiger partial charge on any atom is -0.377 e. The van der Waals surface area contributed by atoms with Crippen molar-refractivity contribution in [1.82, 2.24) is 10.2 Å². The van der Waals surface area contributed by atoms with Gasteiger partial charge in [0.15, 0.2) is 0 Å². The fraction of sp³-hybridized carbons (Fsp3) is 0.353. The lowest BCUT2D eigenvalue weighted by molar-refractivity contribution is -0.384. The van der Waals surface area contributed by atoms with Crippen molar-refractivity contribution >= 4 is 35.3 Å². The Morgan fingerprint density at radius 2 is 1.81 bits per heavy atom. The largest absolute Gasteiger partial charge is 0.377 e. The molecule has 0 bridgehead atoms. The van der Waals surface area contributed by atoms with Gasteiger partial charge in [-0.2, -0.15) is 0 Å². The normalized spacial score (nSPS) is 16.7. The van der Waals surface area contributed by atoms with Gasteiger partial charge in [-0.3, -0.25) is 29.9 Å². The Balaban J connectivity index is 2.61. The Labute approximate surface area is 150 Å². The van der Waals surface area contributed by atoms with Crippen molar-refractivity contribution in [1.29, 1.82) is 0 Å². The van der Waals surface area contributed by atoms with Crippen LogP contribution in [-0.4, -0.2) is 47.3 Å². The fourth-order valence-electron chi connectivity index (χ4n) is 2.60. The lowest BCUT2D eigenvalue weighted by atomic mass is 10.00. The molecule has 0 aromatic heterocycles. The molecule has 26 heavy (non-hydrogen) atoms. The number of carbonyl (C=O) groups excluding carboxylic acids is 3. The molecule has 1 heterocycles. The van der Waals surface area contributed by atoms with Gasteiger partial charge >= 0.3 is 6.03 Å². The van der Waals surface area contributed by atoms with Crippen molar-refractivity contribution in [2.45, 2.75) is 26.3 Å². The fourth-order valence-corrected chi connectivity index (χ4v) is 2.60.